The van der Waals surface area contributed by atoms with E-state index in [9.17, 15) is 0 Å². The number of rotatable bonds is 2. The highest BCUT2D eigenvalue weighted by Crippen LogP contribution is 2.41. The fourth-order valence-electron chi connectivity index (χ4n) is 2.05. The van der Waals surface area contributed by atoms with Crippen LogP contribution in [-0.2, 0) is 0 Å². The Morgan fingerprint density at radius 2 is 2.15 bits per heavy atom. The molecule has 0 radical (unpaired) electrons. The number of nitrogens with two attached hydrogens (primary N) is 1. The summed E-state index contributed by atoms with van der Waals surface area (Å²) in [6.45, 7) is 2.06. The molecule has 2 heterocycles. The molecule has 3 N–H and O–H groups in total. The molecule has 102 valence electrons. The van der Waals surface area contributed by atoms with E-state index in [4.69, 9.17) is 17.3 Å². The number of nitrogens with one attached hydrogen (secondary N) is 1. The Balaban J connectivity index is 2.19. The average Bonchev–Trinajstić information content (AvgIpc) is 2.93. The number of aromatic amines is 1. The Labute approximate surface area is 133 Å². The molecule has 2 aromatic heterocycles. The summed E-state index contributed by atoms with van der Waals surface area (Å²) >= 11 is 11.3. The fourth-order valence-corrected chi connectivity index (χ4v) is 3.78. The van der Waals surface area contributed by atoms with E-state index >= 15 is 0 Å². The van der Waals surface area contributed by atoms with Crippen molar-refractivity contribution in [2.75, 3.05) is 5.73 Å². The van der Waals surface area contributed by atoms with Crippen LogP contribution in [0.2, 0.25) is 5.02 Å². The molecule has 3 aromatic rings. The van der Waals surface area contributed by atoms with Crippen LogP contribution in [0.15, 0.2) is 34.1 Å². The van der Waals surface area contributed by atoms with Gasteiger partial charge in [-0.1, -0.05) is 23.7 Å². The lowest BCUT2D eigenvalue weighted by Gasteiger charge is -2.03. The van der Waals surface area contributed by atoms with Gasteiger partial charge in [-0.15, -0.1) is 11.3 Å². The normalized spacial score (nSPS) is 10.9. The van der Waals surface area contributed by atoms with E-state index in [-0.39, 0.29) is 0 Å². The largest absolute Gasteiger partial charge is 0.382 e. The molecule has 3 rings (SSSR count). The summed E-state index contributed by atoms with van der Waals surface area (Å²) < 4.78 is 1.11. The van der Waals surface area contributed by atoms with Crippen molar-refractivity contribution in [3.63, 3.8) is 0 Å². The molecular weight excluding hydrogens is 358 g/mol. The molecule has 1 aromatic carbocycles. The Hall–Kier alpha value is -1.30. The lowest BCUT2D eigenvalue weighted by molar-refractivity contribution is 1.11. The third-order valence-electron chi connectivity index (χ3n) is 3.01. The van der Waals surface area contributed by atoms with Crippen molar-refractivity contribution < 1.29 is 0 Å². The van der Waals surface area contributed by atoms with Crippen LogP contribution in [0.1, 0.15) is 5.56 Å². The van der Waals surface area contributed by atoms with Crippen molar-refractivity contribution in [2.45, 2.75) is 6.92 Å². The van der Waals surface area contributed by atoms with Crippen molar-refractivity contribution in [2.24, 2.45) is 0 Å². The number of aryl methyl sites for hydroxylation is 1. The minimum atomic E-state index is 0.476. The van der Waals surface area contributed by atoms with Crippen LogP contribution in [0.5, 0.6) is 0 Å². The number of thiophene rings is 1. The van der Waals surface area contributed by atoms with E-state index in [0.717, 1.165) is 25.5 Å². The third-order valence-corrected chi connectivity index (χ3v) is 5.40. The SMILES string of the molecule is Cc1cc(-c2[nH]nc(N)c2-c2cccc(Cl)c2)sc1Br. The first-order chi connectivity index (χ1) is 9.56. The van der Waals surface area contributed by atoms with Crippen molar-refractivity contribution in [3.05, 3.63) is 44.7 Å². The van der Waals surface area contributed by atoms with Gasteiger partial charge in [-0.25, -0.2) is 0 Å². The van der Waals surface area contributed by atoms with Crippen LogP contribution in [0.3, 0.4) is 0 Å². The monoisotopic (exact) mass is 367 g/mol. The van der Waals surface area contributed by atoms with Crippen LogP contribution >= 0.6 is 38.9 Å². The lowest BCUT2D eigenvalue weighted by Crippen LogP contribution is -1.88. The summed E-state index contributed by atoms with van der Waals surface area (Å²) in [7, 11) is 0. The average molecular weight is 369 g/mol. The number of benzene rings is 1. The molecule has 20 heavy (non-hydrogen) atoms. The van der Waals surface area contributed by atoms with Gasteiger partial charge in [-0.3, -0.25) is 5.10 Å². The standard InChI is InChI=1S/C14H11BrClN3S/c1-7-5-10(20-13(7)15)12-11(14(17)19-18-12)8-3-2-4-9(16)6-8/h2-6H,1H3,(H3,17,18,19). The highest BCUT2D eigenvalue weighted by molar-refractivity contribution is 9.11. The van der Waals surface area contributed by atoms with Gasteiger partial charge in [0.05, 0.1) is 19.9 Å². The summed E-state index contributed by atoms with van der Waals surface area (Å²) in [5, 5.41) is 7.84. The minimum Gasteiger partial charge on any atom is -0.382 e. The van der Waals surface area contributed by atoms with Crippen molar-refractivity contribution >= 4 is 44.7 Å². The molecule has 6 heteroatoms. The number of nitrogens with zero attached hydrogens (tertiary/aromatic N) is 1. The van der Waals surface area contributed by atoms with Gasteiger partial charge in [0.25, 0.3) is 0 Å². The van der Waals surface area contributed by atoms with Crippen molar-refractivity contribution in [1.82, 2.24) is 10.2 Å². The zero-order valence-corrected chi connectivity index (χ0v) is 13.7. The first-order valence-corrected chi connectivity index (χ1v) is 7.91. The zero-order valence-electron chi connectivity index (χ0n) is 10.6. The van der Waals surface area contributed by atoms with E-state index in [2.05, 4.69) is 39.1 Å². The van der Waals surface area contributed by atoms with Gasteiger partial charge in [0.1, 0.15) is 0 Å². The number of hydrogen-bond donors (Lipinski definition) is 2. The van der Waals surface area contributed by atoms with Gasteiger partial charge in [0.15, 0.2) is 5.82 Å². The van der Waals surface area contributed by atoms with Crippen LogP contribution in [0.25, 0.3) is 21.7 Å². The maximum absolute atomic E-state index is 6.07. The van der Waals surface area contributed by atoms with E-state index in [0.29, 0.717) is 10.8 Å². The molecule has 0 spiro atoms. The second-order valence-electron chi connectivity index (χ2n) is 4.44. The van der Waals surface area contributed by atoms with Gasteiger partial charge in [0, 0.05) is 5.02 Å². The number of halogens is 2. The molecular formula is C14H11BrClN3S. The van der Waals surface area contributed by atoms with Crippen molar-refractivity contribution in [1.29, 1.82) is 0 Å². The Morgan fingerprint density at radius 3 is 2.80 bits per heavy atom. The number of H-pyrrole nitrogens is 1. The molecule has 0 fully saturated rings. The molecule has 3 nitrogen and oxygen atoms in total. The number of nitrogen functional groups attached to an aromatic ring is 1. The molecule has 0 saturated carbocycles. The smallest absolute Gasteiger partial charge is 0.153 e. The first kappa shape index (κ1) is 13.7. The van der Waals surface area contributed by atoms with Gasteiger partial charge in [-0.2, -0.15) is 5.10 Å². The number of anilines is 1. The molecule has 0 unspecified atom stereocenters. The summed E-state index contributed by atoms with van der Waals surface area (Å²) in [6.07, 6.45) is 0. The molecule has 0 bridgehead atoms. The van der Waals surface area contributed by atoms with E-state index in [1.54, 1.807) is 11.3 Å². The third kappa shape index (κ3) is 2.37. The molecule has 0 atom stereocenters. The first-order valence-electron chi connectivity index (χ1n) is 5.92. The molecule has 0 aliphatic carbocycles. The lowest BCUT2D eigenvalue weighted by atomic mass is 10.0. The van der Waals surface area contributed by atoms with Crippen LogP contribution in [-0.4, -0.2) is 10.2 Å². The molecule has 0 amide bonds. The van der Waals surface area contributed by atoms with Gasteiger partial charge < -0.3 is 5.73 Å². The van der Waals surface area contributed by atoms with Gasteiger partial charge in [0.2, 0.25) is 0 Å². The maximum atomic E-state index is 6.07. The van der Waals surface area contributed by atoms with E-state index in [1.807, 2.05) is 24.3 Å². The fraction of sp³-hybridized carbons (Fsp3) is 0.0714. The second-order valence-corrected chi connectivity index (χ2v) is 7.24. The Morgan fingerprint density at radius 1 is 1.35 bits per heavy atom. The van der Waals surface area contributed by atoms with Crippen LogP contribution in [0.4, 0.5) is 5.82 Å². The van der Waals surface area contributed by atoms with Crippen LogP contribution < -0.4 is 5.73 Å². The maximum Gasteiger partial charge on any atom is 0.153 e. The number of hydrogen-bond acceptors (Lipinski definition) is 3. The van der Waals surface area contributed by atoms with E-state index < -0.39 is 0 Å². The second kappa shape index (κ2) is 5.24. The predicted molar refractivity (Wildman–Crippen MR) is 89.2 cm³/mol. The van der Waals surface area contributed by atoms with E-state index in [1.165, 1.54) is 5.56 Å². The number of aromatic nitrogens is 2. The highest BCUT2D eigenvalue weighted by Gasteiger charge is 2.17. The minimum absolute atomic E-state index is 0.476. The topological polar surface area (TPSA) is 54.7 Å². The zero-order chi connectivity index (χ0) is 14.3. The molecule has 0 aliphatic rings. The summed E-state index contributed by atoms with van der Waals surface area (Å²) in [5.41, 5.74) is 9.97. The molecule has 0 aliphatic heterocycles. The quantitative estimate of drug-likeness (QED) is 0.660. The predicted octanol–water partition coefficient (Wildman–Crippen LogP) is 5.11. The highest BCUT2D eigenvalue weighted by atomic mass is 79.9. The Kier molecular flexibility index (Phi) is 3.58. The van der Waals surface area contributed by atoms with Crippen molar-refractivity contribution in [3.8, 4) is 21.7 Å². The van der Waals surface area contributed by atoms with Gasteiger partial charge >= 0.3 is 0 Å². The Bertz CT molecular complexity index is 759. The van der Waals surface area contributed by atoms with Gasteiger partial charge in [-0.05, 0) is 52.2 Å². The summed E-state index contributed by atoms with van der Waals surface area (Å²) in [5.74, 6) is 0.476. The molecule has 0 saturated heterocycles. The summed E-state index contributed by atoms with van der Waals surface area (Å²) in [4.78, 5) is 1.09. The van der Waals surface area contributed by atoms with Crippen LogP contribution in [0, 0.1) is 6.92 Å². The summed E-state index contributed by atoms with van der Waals surface area (Å²) in [6, 6.07) is 9.72.